The molecule has 0 heterocycles. The van der Waals surface area contributed by atoms with Crippen LogP contribution in [-0.4, -0.2) is 16.0 Å². The lowest BCUT2D eigenvalue weighted by Gasteiger charge is -2.04. The first-order valence-electron chi connectivity index (χ1n) is 1.73. The lowest BCUT2D eigenvalue weighted by atomic mass is 10.7. The summed E-state index contributed by atoms with van der Waals surface area (Å²) in [7, 11) is 1.96. The Morgan fingerprint density at radius 3 is 2.14 bits per heavy atom. The van der Waals surface area contributed by atoms with Gasteiger partial charge >= 0.3 is 0 Å². The van der Waals surface area contributed by atoms with E-state index in [1.165, 1.54) is 0 Å². The van der Waals surface area contributed by atoms with Crippen LogP contribution in [0.15, 0.2) is 3.21 Å². The monoisotopic (exact) mass is 324 g/mol. The zero-order chi connectivity index (χ0) is 5.86. The molecule has 0 amide bonds. The van der Waals surface area contributed by atoms with Crippen molar-refractivity contribution in [2.75, 3.05) is 7.05 Å². The minimum Gasteiger partial charge on any atom is -0.306 e. The van der Waals surface area contributed by atoms with Gasteiger partial charge in [0.25, 0.3) is 0 Å². The molecule has 0 aromatic carbocycles. The molecular weight excluding hydrogens is 318 g/mol. The average Bonchev–Trinajstić information content (AvgIpc) is 1.65. The molecule has 4 heteroatoms. The summed E-state index contributed by atoms with van der Waals surface area (Å²) in [5.74, 6) is 1.03. The molecule has 0 rings (SSSR count). The van der Waals surface area contributed by atoms with Gasteiger partial charge in [-0.1, -0.05) is 0 Å². The first kappa shape index (κ1) is 7.93. The molecular formula is C3H6I2N2. The summed E-state index contributed by atoms with van der Waals surface area (Å²) in [5.41, 5.74) is 0. The van der Waals surface area contributed by atoms with E-state index in [1.807, 2.05) is 39.9 Å². The molecule has 0 fully saturated rings. The molecule has 7 heavy (non-hydrogen) atoms. The van der Waals surface area contributed by atoms with Crippen molar-refractivity contribution in [2.24, 2.45) is 3.21 Å². The SMILES string of the molecule is CC(=NI)N(C)I. The fraction of sp³-hybridized carbons (Fsp3) is 0.667. The van der Waals surface area contributed by atoms with Crippen molar-refractivity contribution in [2.45, 2.75) is 6.92 Å². The molecule has 0 saturated carbocycles. The van der Waals surface area contributed by atoms with Crippen LogP contribution in [0.1, 0.15) is 6.92 Å². The first-order chi connectivity index (χ1) is 3.18. The van der Waals surface area contributed by atoms with Gasteiger partial charge in [0.1, 0.15) is 5.84 Å². The topological polar surface area (TPSA) is 15.6 Å². The molecule has 0 unspecified atom stereocenters. The van der Waals surface area contributed by atoms with Gasteiger partial charge in [0.15, 0.2) is 0 Å². The van der Waals surface area contributed by atoms with Gasteiger partial charge in [-0.15, -0.1) is 0 Å². The zero-order valence-corrected chi connectivity index (χ0v) is 8.47. The largest absolute Gasteiger partial charge is 0.306 e. The molecule has 0 aromatic heterocycles. The Morgan fingerprint density at radius 1 is 1.71 bits per heavy atom. The third-order valence-electron chi connectivity index (χ3n) is 0.568. The molecule has 42 valence electrons. The van der Waals surface area contributed by atoms with Crippen molar-refractivity contribution in [1.29, 1.82) is 0 Å². The van der Waals surface area contributed by atoms with E-state index < -0.39 is 0 Å². The Hall–Kier alpha value is 0.930. The minimum atomic E-state index is 1.03. The predicted molar refractivity (Wildman–Crippen MR) is 48.9 cm³/mol. The van der Waals surface area contributed by atoms with Gasteiger partial charge in [0.2, 0.25) is 0 Å². The van der Waals surface area contributed by atoms with Crippen LogP contribution in [-0.2, 0) is 0 Å². The van der Waals surface area contributed by atoms with Gasteiger partial charge in [0.05, 0.1) is 45.7 Å². The van der Waals surface area contributed by atoms with Crippen LogP contribution in [0.5, 0.6) is 0 Å². The van der Waals surface area contributed by atoms with Gasteiger partial charge in [-0.25, -0.2) is 3.21 Å². The highest BCUT2D eigenvalue weighted by Crippen LogP contribution is 1.97. The Morgan fingerprint density at radius 2 is 2.14 bits per heavy atom. The average molecular weight is 324 g/mol. The molecule has 0 aliphatic rings. The van der Waals surface area contributed by atoms with E-state index in [1.54, 1.807) is 0 Å². The third kappa shape index (κ3) is 3.51. The first-order valence-corrected chi connectivity index (χ1v) is 3.66. The predicted octanol–water partition coefficient (Wildman–Crippen LogP) is 2.04. The van der Waals surface area contributed by atoms with Gasteiger partial charge in [-0.3, -0.25) is 0 Å². The summed E-state index contributed by atoms with van der Waals surface area (Å²) in [4.78, 5) is 0. The van der Waals surface area contributed by atoms with Gasteiger partial charge < -0.3 is 3.11 Å². The summed E-state index contributed by atoms with van der Waals surface area (Å²) in [5, 5.41) is 0. The molecule has 2 nitrogen and oxygen atoms in total. The van der Waals surface area contributed by atoms with Crippen LogP contribution in [0.2, 0.25) is 0 Å². The van der Waals surface area contributed by atoms with Crippen molar-refractivity contribution in [3.8, 4) is 0 Å². The second-order valence-electron chi connectivity index (χ2n) is 1.11. The highest BCUT2D eigenvalue weighted by molar-refractivity contribution is 14.1. The standard InChI is InChI=1S/C3H6I2N2/c1-3(6-4)7(2)5/h1-2H3. The third-order valence-corrected chi connectivity index (χ3v) is 1.96. The van der Waals surface area contributed by atoms with Crippen molar-refractivity contribution >= 4 is 51.6 Å². The van der Waals surface area contributed by atoms with E-state index in [4.69, 9.17) is 0 Å². The summed E-state index contributed by atoms with van der Waals surface area (Å²) in [6.45, 7) is 1.96. The lowest BCUT2D eigenvalue weighted by molar-refractivity contribution is 0.904. The van der Waals surface area contributed by atoms with Crippen LogP contribution < -0.4 is 0 Å². The van der Waals surface area contributed by atoms with E-state index >= 15 is 0 Å². The highest BCUT2D eigenvalue weighted by Gasteiger charge is 1.88. The molecule has 0 spiro atoms. The summed E-state index contributed by atoms with van der Waals surface area (Å²) in [6, 6.07) is 0. The molecule has 0 aliphatic carbocycles. The van der Waals surface area contributed by atoms with Crippen molar-refractivity contribution in [1.82, 2.24) is 3.11 Å². The van der Waals surface area contributed by atoms with E-state index in [9.17, 15) is 0 Å². The van der Waals surface area contributed by atoms with Crippen LogP contribution in [0.25, 0.3) is 0 Å². The minimum absolute atomic E-state index is 1.03. The lowest BCUT2D eigenvalue weighted by Crippen LogP contribution is -2.09. The molecule has 0 aromatic rings. The van der Waals surface area contributed by atoms with E-state index in [0.717, 1.165) is 5.84 Å². The fourth-order valence-electron chi connectivity index (χ4n) is 0.0521. The Bertz CT molecular complexity index is 79.0. The normalized spacial score (nSPS) is 11.7. The van der Waals surface area contributed by atoms with Crippen LogP contribution in [0.4, 0.5) is 0 Å². The van der Waals surface area contributed by atoms with Crippen molar-refractivity contribution in [3.63, 3.8) is 0 Å². The van der Waals surface area contributed by atoms with Crippen LogP contribution in [0.3, 0.4) is 0 Å². The van der Waals surface area contributed by atoms with E-state index in [-0.39, 0.29) is 0 Å². The van der Waals surface area contributed by atoms with E-state index in [2.05, 4.69) is 26.1 Å². The van der Waals surface area contributed by atoms with Crippen molar-refractivity contribution in [3.05, 3.63) is 0 Å². The summed E-state index contributed by atoms with van der Waals surface area (Å²) >= 11 is 4.14. The number of hydrogen-bond acceptors (Lipinski definition) is 1. The fourth-order valence-corrected chi connectivity index (χ4v) is 0.896. The van der Waals surface area contributed by atoms with Gasteiger partial charge in [0, 0.05) is 7.05 Å². The summed E-state index contributed by atoms with van der Waals surface area (Å²) in [6.07, 6.45) is 0. The molecule has 0 aliphatic heterocycles. The van der Waals surface area contributed by atoms with Crippen LogP contribution >= 0.6 is 45.7 Å². The second-order valence-corrected chi connectivity index (χ2v) is 3.04. The molecule has 0 radical (unpaired) electrons. The maximum absolute atomic E-state index is 3.89. The van der Waals surface area contributed by atoms with Gasteiger partial charge in [-0.05, 0) is 6.92 Å². The number of nitrogens with zero attached hydrogens (tertiary/aromatic N) is 2. The molecule has 0 bridgehead atoms. The summed E-state index contributed by atoms with van der Waals surface area (Å²) < 4.78 is 5.83. The quantitative estimate of drug-likeness (QED) is 0.288. The smallest absolute Gasteiger partial charge is 0.116 e. The molecule has 0 saturated heterocycles. The van der Waals surface area contributed by atoms with Crippen LogP contribution in [0, 0.1) is 0 Å². The number of hydrogen-bond donors (Lipinski definition) is 0. The van der Waals surface area contributed by atoms with Gasteiger partial charge in [-0.2, -0.15) is 0 Å². The second kappa shape index (κ2) is 3.88. The van der Waals surface area contributed by atoms with Crippen molar-refractivity contribution < 1.29 is 0 Å². The zero-order valence-electron chi connectivity index (χ0n) is 4.15. The Labute approximate surface area is 71.4 Å². The maximum Gasteiger partial charge on any atom is 0.116 e. The number of rotatable bonds is 0. The highest BCUT2D eigenvalue weighted by atomic mass is 127. The van der Waals surface area contributed by atoms with E-state index in [0.29, 0.717) is 0 Å². The Kier molecular flexibility index (Phi) is 4.39. The number of halogens is 2. The molecule has 0 N–H and O–H groups in total. The maximum atomic E-state index is 3.89. The molecule has 0 atom stereocenters. The Balaban J connectivity index is 3.56. The number of amidine groups is 1.